The van der Waals surface area contributed by atoms with Gasteiger partial charge in [0.05, 0.1) is 0 Å². The van der Waals surface area contributed by atoms with Gasteiger partial charge in [-0.2, -0.15) is 0 Å². The van der Waals surface area contributed by atoms with E-state index in [4.69, 9.17) is 5.73 Å². The van der Waals surface area contributed by atoms with Crippen LogP contribution in [0.15, 0.2) is 16.1 Å². The van der Waals surface area contributed by atoms with Crippen LogP contribution in [0.2, 0.25) is 0 Å². The van der Waals surface area contributed by atoms with E-state index in [0.29, 0.717) is 5.88 Å². The van der Waals surface area contributed by atoms with Gasteiger partial charge in [0.1, 0.15) is 0 Å². The summed E-state index contributed by atoms with van der Waals surface area (Å²) in [7, 11) is 0. The molecule has 0 unspecified atom stereocenters. The molecular formula is C6H12N2S. The van der Waals surface area contributed by atoms with Crippen LogP contribution in [0, 0.1) is 0 Å². The second kappa shape index (κ2) is 5.85. The summed E-state index contributed by atoms with van der Waals surface area (Å²) in [6, 6.07) is 0. The lowest BCUT2D eigenvalue weighted by Crippen LogP contribution is -1.92. The minimum Gasteiger partial charge on any atom is -0.322 e. The van der Waals surface area contributed by atoms with Crippen LogP contribution < -0.4 is 5.73 Å². The Balaban J connectivity index is 3.66. The first-order valence-electron chi connectivity index (χ1n) is 2.82. The molecule has 0 bridgehead atoms. The van der Waals surface area contributed by atoms with Gasteiger partial charge in [0.25, 0.3) is 0 Å². The van der Waals surface area contributed by atoms with Gasteiger partial charge in [-0.05, 0) is 13.1 Å². The van der Waals surface area contributed by atoms with Crippen molar-refractivity contribution in [3.63, 3.8) is 0 Å². The van der Waals surface area contributed by atoms with Crippen LogP contribution in [0.3, 0.4) is 0 Å². The quantitative estimate of drug-likeness (QED) is 0.480. The van der Waals surface area contributed by atoms with Crippen LogP contribution in [0.1, 0.15) is 13.3 Å². The summed E-state index contributed by atoms with van der Waals surface area (Å²) >= 11 is 1.61. The van der Waals surface area contributed by atoms with Crippen molar-refractivity contribution in [2.75, 3.05) is 5.88 Å². The number of aliphatic imine (C=N–C) groups is 1. The largest absolute Gasteiger partial charge is 0.322 e. The molecule has 0 amide bonds. The molecule has 0 aromatic carbocycles. The van der Waals surface area contributed by atoms with Crippen LogP contribution >= 0.6 is 11.8 Å². The average Bonchev–Trinajstić information content (AvgIpc) is 1.88. The van der Waals surface area contributed by atoms with Crippen LogP contribution in [0.5, 0.6) is 0 Å². The fraction of sp³-hybridized carbons (Fsp3) is 0.500. The number of hydrogen-bond donors (Lipinski definition) is 1. The third-order valence-electron chi connectivity index (χ3n) is 0.852. The van der Waals surface area contributed by atoms with Gasteiger partial charge in [0.15, 0.2) is 0 Å². The summed E-state index contributed by atoms with van der Waals surface area (Å²) in [4.78, 5) is 4.82. The Bertz CT molecular complexity index is 110. The third-order valence-corrected chi connectivity index (χ3v) is 1.78. The summed E-state index contributed by atoms with van der Waals surface area (Å²) in [5.74, 6) is 0.620. The van der Waals surface area contributed by atoms with Gasteiger partial charge < -0.3 is 5.73 Å². The molecule has 3 heteroatoms. The monoisotopic (exact) mass is 144 g/mol. The van der Waals surface area contributed by atoms with Crippen molar-refractivity contribution in [1.82, 2.24) is 0 Å². The highest BCUT2D eigenvalue weighted by molar-refractivity contribution is 8.03. The molecule has 52 valence electrons. The van der Waals surface area contributed by atoms with Crippen molar-refractivity contribution in [2.24, 2.45) is 10.7 Å². The molecule has 9 heavy (non-hydrogen) atoms. The molecule has 0 saturated heterocycles. The van der Waals surface area contributed by atoms with E-state index in [2.05, 4.69) is 18.6 Å². The highest BCUT2D eigenvalue weighted by Gasteiger charge is 1.89. The molecule has 0 rings (SSSR count). The Morgan fingerprint density at radius 2 is 2.56 bits per heavy atom. The smallest absolute Gasteiger partial charge is 0.0438 e. The number of thioether (sulfide) groups is 1. The molecule has 0 aliphatic heterocycles. The number of rotatable bonds is 4. The van der Waals surface area contributed by atoms with E-state index in [1.54, 1.807) is 18.0 Å². The lowest BCUT2D eigenvalue weighted by Gasteiger charge is -1.96. The molecule has 0 radical (unpaired) electrons. The highest BCUT2D eigenvalue weighted by atomic mass is 32.2. The van der Waals surface area contributed by atoms with Gasteiger partial charge in [-0.3, -0.25) is 4.99 Å². The number of nitrogens with zero attached hydrogens (tertiary/aromatic N) is 1. The zero-order valence-electron chi connectivity index (χ0n) is 5.63. The van der Waals surface area contributed by atoms with E-state index < -0.39 is 0 Å². The molecule has 0 heterocycles. The molecule has 0 aromatic rings. The molecule has 0 saturated carbocycles. The fourth-order valence-electron chi connectivity index (χ4n) is 0.439. The van der Waals surface area contributed by atoms with Crippen LogP contribution in [-0.2, 0) is 0 Å². The van der Waals surface area contributed by atoms with Gasteiger partial charge in [-0.25, -0.2) is 0 Å². The van der Waals surface area contributed by atoms with E-state index in [1.807, 2.05) is 0 Å². The van der Waals surface area contributed by atoms with Crippen LogP contribution in [0.4, 0.5) is 0 Å². The molecule has 0 fully saturated rings. The summed E-state index contributed by atoms with van der Waals surface area (Å²) < 4.78 is 0. The maximum absolute atomic E-state index is 5.30. The second-order valence-electron chi connectivity index (χ2n) is 1.44. The minimum atomic E-state index is 0.620. The van der Waals surface area contributed by atoms with E-state index in [9.17, 15) is 0 Å². The van der Waals surface area contributed by atoms with Gasteiger partial charge in [0, 0.05) is 17.0 Å². The third kappa shape index (κ3) is 4.24. The number of hydrogen-bond acceptors (Lipinski definition) is 3. The van der Waals surface area contributed by atoms with Crippen molar-refractivity contribution in [2.45, 2.75) is 13.3 Å². The SMILES string of the molecule is C=N/C=C(/CC)SCN. The molecule has 0 spiro atoms. The van der Waals surface area contributed by atoms with Crippen molar-refractivity contribution < 1.29 is 0 Å². The Kier molecular flexibility index (Phi) is 5.67. The summed E-state index contributed by atoms with van der Waals surface area (Å²) in [5, 5.41) is 0. The minimum absolute atomic E-state index is 0.620. The van der Waals surface area contributed by atoms with Gasteiger partial charge >= 0.3 is 0 Å². The zero-order chi connectivity index (χ0) is 7.11. The lowest BCUT2D eigenvalue weighted by molar-refractivity contribution is 1.18. The maximum atomic E-state index is 5.30. The maximum Gasteiger partial charge on any atom is 0.0438 e. The van der Waals surface area contributed by atoms with Gasteiger partial charge in [-0.1, -0.05) is 6.92 Å². The standard InChI is InChI=1S/C6H12N2S/c1-3-6(4-8-2)9-5-7/h4H,2-3,5,7H2,1H3/b6-4-. The molecule has 0 aliphatic carbocycles. The van der Waals surface area contributed by atoms with Crippen LogP contribution in [-0.4, -0.2) is 12.6 Å². The Labute approximate surface area is 60.2 Å². The fourth-order valence-corrected chi connectivity index (χ4v) is 1.01. The predicted octanol–water partition coefficient (Wildman–Crippen LogP) is 1.59. The van der Waals surface area contributed by atoms with Gasteiger partial charge in [0.2, 0.25) is 0 Å². The van der Waals surface area contributed by atoms with Crippen molar-refractivity contribution in [3.8, 4) is 0 Å². The average molecular weight is 144 g/mol. The molecular weight excluding hydrogens is 132 g/mol. The van der Waals surface area contributed by atoms with E-state index in [0.717, 1.165) is 6.42 Å². The second-order valence-corrected chi connectivity index (χ2v) is 2.59. The van der Waals surface area contributed by atoms with Crippen molar-refractivity contribution in [1.29, 1.82) is 0 Å². The summed E-state index contributed by atoms with van der Waals surface area (Å²) in [6.45, 7) is 5.42. The first-order valence-corrected chi connectivity index (χ1v) is 3.81. The first kappa shape index (κ1) is 8.72. The predicted molar refractivity (Wildman–Crippen MR) is 44.6 cm³/mol. The Morgan fingerprint density at radius 3 is 2.89 bits per heavy atom. The summed E-state index contributed by atoms with van der Waals surface area (Å²) in [6.07, 6.45) is 2.73. The normalized spacial score (nSPS) is 11.6. The lowest BCUT2D eigenvalue weighted by atomic mass is 10.5. The molecule has 2 N–H and O–H groups in total. The molecule has 2 nitrogen and oxygen atoms in total. The zero-order valence-corrected chi connectivity index (χ0v) is 6.45. The van der Waals surface area contributed by atoms with Crippen molar-refractivity contribution in [3.05, 3.63) is 11.1 Å². The topological polar surface area (TPSA) is 38.4 Å². The van der Waals surface area contributed by atoms with E-state index >= 15 is 0 Å². The summed E-state index contributed by atoms with van der Waals surface area (Å²) in [5.41, 5.74) is 5.30. The number of nitrogens with two attached hydrogens (primary N) is 1. The highest BCUT2D eigenvalue weighted by Crippen LogP contribution is 2.16. The van der Waals surface area contributed by atoms with Gasteiger partial charge in [-0.15, -0.1) is 11.8 Å². The molecule has 0 aliphatic rings. The van der Waals surface area contributed by atoms with Crippen molar-refractivity contribution >= 4 is 18.5 Å². The number of allylic oxidation sites excluding steroid dienone is 1. The van der Waals surface area contributed by atoms with E-state index in [-0.39, 0.29) is 0 Å². The molecule has 0 aromatic heterocycles. The molecule has 0 atom stereocenters. The first-order chi connectivity index (χ1) is 4.35. The van der Waals surface area contributed by atoms with E-state index in [1.165, 1.54) is 4.91 Å². The Hall–Kier alpha value is -0.280. The Morgan fingerprint density at radius 1 is 1.89 bits per heavy atom. The van der Waals surface area contributed by atoms with Crippen LogP contribution in [0.25, 0.3) is 0 Å².